The zero-order valence-electron chi connectivity index (χ0n) is 10.4. The summed E-state index contributed by atoms with van der Waals surface area (Å²) in [6.07, 6.45) is 0. The van der Waals surface area contributed by atoms with E-state index in [4.69, 9.17) is 0 Å². The quantitative estimate of drug-likeness (QED) is 0.837. The first-order valence-electron chi connectivity index (χ1n) is 5.49. The third-order valence-corrected chi connectivity index (χ3v) is 3.05. The molecule has 0 spiro atoms. The third-order valence-electron chi connectivity index (χ3n) is 2.44. The molecular weight excluding hydrogens is 306 g/mol. The monoisotopic (exact) mass is 320 g/mol. The van der Waals surface area contributed by atoms with E-state index in [2.05, 4.69) is 26.6 Å². The van der Waals surface area contributed by atoms with Crippen LogP contribution in [0.3, 0.4) is 0 Å². The Morgan fingerprint density at radius 3 is 2.50 bits per heavy atom. The molecule has 0 aliphatic rings. The van der Waals surface area contributed by atoms with Gasteiger partial charge in [0.2, 0.25) is 5.91 Å². The molecular formula is C12H15BrF2N2O. The van der Waals surface area contributed by atoms with Gasteiger partial charge in [-0.1, -0.05) is 6.92 Å². The highest BCUT2D eigenvalue weighted by Gasteiger charge is 2.27. The molecule has 2 N–H and O–H groups in total. The average Bonchev–Trinajstić information content (AvgIpc) is 2.25. The first-order chi connectivity index (χ1) is 8.27. The minimum atomic E-state index is -0.831. The lowest BCUT2D eigenvalue weighted by atomic mass is 10.0. The average molecular weight is 321 g/mol. The Balaban J connectivity index is 2.92. The molecule has 0 unspecified atom stereocenters. The van der Waals surface area contributed by atoms with Crippen LogP contribution in [-0.2, 0) is 4.79 Å². The summed E-state index contributed by atoms with van der Waals surface area (Å²) in [4.78, 5) is 11.9. The number of benzene rings is 1. The maximum absolute atomic E-state index is 13.5. The summed E-state index contributed by atoms with van der Waals surface area (Å²) in [5.74, 6) is -1.91. The number of rotatable bonds is 4. The second kappa shape index (κ2) is 5.75. The van der Waals surface area contributed by atoms with Crippen LogP contribution in [0.15, 0.2) is 16.6 Å². The summed E-state index contributed by atoms with van der Waals surface area (Å²) in [5, 5.41) is 5.40. The van der Waals surface area contributed by atoms with E-state index in [-0.39, 0.29) is 16.1 Å². The Morgan fingerprint density at radius 1 is 1.33 bits per heavy atom. The molecule has 0 heterocycles. The van der Waals surface area contributed by atoms with Gasteiger partial charge in [0.25, 0.3) is 0 Å². The molecule has 0 atom stereocenters. The van der Waals surface area contributed by atoms with Crippen molar-refractivity contribution in [3.8, 4) is 0 Å². The lowest BCUT2D eigenvalue weighted by Gasteiger charge is -2.24. The van der Waals surface area contributed by atoms with Gasteiger partial charge in [-0.3, -0.25) is 4.79 Å². The summed E-state index contributed by atoms with van der Waals surface area (Å²) >= 11 is 2.94. The van der Waals surface area contributed by atoms with Gasteiger partial charge in [0, 0.05) is 6.07 Å². The van der Waals surface area contributed by atoms with E-state index in [1.807, 2.05) is 6.92 Å². The van der Waals surface area contributed by atoms with Gasteiger partial charge < -0.3 is 10.6 Å². The van der Waals surface area contributed by atoms with Crippen LogP contribution in [0.1, 0.15) is 20.8 Å². The summed E-state index contributed by atoms with van der Waals surface area (Å²) in [5.41, 5.74) is -0.888. The van der Waals surface area contributed by atoms with Crippen molar-refractivity contribution in [3.05, 3.63) is 28.2 Å². The summed E-state index contributed by atoms with van der Waals surface area (Å²) in [7, 11) is 0. The number of carbonyl (C=O) groups is 1. The summed E-state index contributed by atoms with van der Waals surface area (Å²) in [6.45, 7) is 5.84. The van der Waals surface area contributed by atoms with Crippen molar-refractivity contribution in [1.82, 2.24) is 5.32 Å². The molecule has 0 aliphatic heterocycles. The Hall–Kier alpha value is -1.01. The fourth-order valence-corrected chi connectivity index (χ4v) is 1.76. The molecule has 100 valence electrons. The highest BCUT2D eigenvalue weighted by atomic mass is 79.9. The number of anilines is 1. The van der Waals surface area contributed by atoms with Crippen molar-refractivity contribution in [1.29, 1.82) is 0 Å². The maximum Gasteiger partial charge on any atom is 0.244 e. The largest absolute Gasteiger partial charge is 0.322 e. The molecule has 0 aromatic heterocycles. The van der Waals surface area contributed by atoms with E-state index >= 15 is 0 Å². The highest BCUT2D eigenvalue weighted by molar-refractivity contribution is 9.10. The predicted molar refractivity (Wildman–Crippen MR) is 70.4 cm³/mol. The van der Waals surface area contributed by atoms with Gasteiger partial charge in [-0.2, -0.15) is 0 Å². The van der Waals surface area contributed by atoms with Crippen molar-refractivity contribution >= 4 is 27.5 Å². The normalized spacial score (nSPS) is 11.4. The van der Waals surface area contributed by atoms with Gasteiger partial charge in [0.05, 0.1) is 15.7 Å². The topological polar surface area (TPSA) is 41.1 Å². The van der Waals surface area contributed by atoms with Crippen LogP contribution in [0.5, 0.6) is 0 Å². The fraction of sp³-hybridized carbons (Fsp3) is 0.417. The number of likely N-dealkylation sites (N-methyl/N-ethyl adjacent to an activating group) is 1. The molecule has 3 nitrogen and oxygen atoms in total. The molecule has 0 radical (unpaired) electrons. The van der Waals surface area contributed by atoms with Crippen molar-refractivity contribution in [2.75, 3.05) is 11.9 Å². The van der Waals surface area contributed by atoms with Gasteiger partial charge in [-0.05, 0) is 42.4 Å². The Bertz CT molecular complexity index is 464. The maximum atomic E-state index is 13.5. The van der Waals surface area contributed by atoms with Crippen molar-refractivity contribution in [2.45, 2.75) is 26.3 Å². The van der Waals surface area contributed by atoms with E-state index < -0.39 is 17.2 Å². The predicted octanol–water partition coefficient (Wildman–Crippen LogP) is 3.05. The van der Waals surface area contributed by atoms with Crippen molar-refractivity contribution < 1.29 is 13.6 Å². The number of nitrogens with one attached hydrogen (secondary N) is 2. The third kappa shape index (κ3) is 3.49. The zero-order chi connectivity index (χ0) is 13.9. The zero-order valence-corrected chi connectivity index (χ0v) is 12.0. The van der Waals surface area contributed by atoms with Crippen LogP contribution < -0.4 is 10.6 Å². The molecule has 0 fully saturated rings. The summed E-state index contributed by atoms with van der Waals surface area (Å²) in [6, 6.07) is 1.92. The van der Waals surface area contributed by atoms with E-state index in [0.717, 1.165) is 6.07 Å². The van der Waals surface area contributed by atoms with Gasteiger partial charge in [0.1, 0.15) is 11.6 Å². The molecule has 6 heteroatoms. The first-order valence-corrected chi connectivity index (χ1v) is 6.28. The number of amides is 1. The molecule has 1 aromatic carbocycles. The Labute approximate surface area is 113 Å². The smallest absolute Gasteiger partial charge is 0.244 e. The van der Waals surface area contributed by atoms with Crippen LogP contribution in [0, 0.1) is 11.6 Å². The molecule has 1 amide bonds. The molecule has 1 rings (SSSR count). The lowest BCUT2D eigenvalue weighted by molar-refractivity contribution is -0.121. The molecule has 0 saturated heterocycles. The molecule has 1 aromatic rings. The lowest BCUT2D eigenvalue weighted by Crippen LogP contribution is -2.49. The van der Waals surface area contributed by atoms with Crippen LogP contribution >= 0.6 is 15.9 Å². The second-order valence-corrected chi connectivity index (χ2v) is 5.21. The van der Waals surface area contributed by atoms with Gasteiger partial charge in [-0.25, -0.2) is 8.78 Å². The van der Waals surface area contributed by atoms with Crippen molar-refractivity contribution in [2.24, 2.45) is 0 Å². The van der Waals surface area contributed by atoms with Crippen LogP contribution in [-0.4, -0.2) is 18.0 Å². The van der Waals surface area contributed by atoms with E-state index in [9.17, 15) is 13.6 Å². The number of carbonyl (C=O) groups excluding carboxylic acids is 1. The number of halogens is 3. The van der Waals surface area contributed by atoms with E-state index in [1.165, 1.54) is 6.07 Å². The molecule has 0 bridgehead atoms. The SMILES string of the molecule is CCNC(C)(C)C(=O)Nc1cc(Br)c(F)cc1F. The van der Waals surface area contributed by atoms with Crippen LogP contribution in [0.25, 0.3) is 0 Å². The number of hydrogen-bond acceptors (Lipinski definition) is 2. The molecule has 18 heavy (non-hydrogen) atoms. The standard InChI is InChI=1S/C12H15BrF2N2O/c1-4-16-12(2,3)11(18)17-10-5-7(13)8(14)6-9(10)15/h5-6,16H,4H2,1-3H3,(H,17,18). The Kier molecular flexibility index (Phi) is 4.81. The highest BCUT2D eigenvalue weighted by Crippen LogP contribution is 2.24. The van der Waals surface area contributed by atoms with Crippen LogP contribution in [0.2, 0.25) is 0 Å². The fourth-order valence-electron chi connectivity index (χ4n) is 1.42. The van der Waals surface area contributed by atoms with Gasteiger partial charge in [0.15, 0.2) is 0 Å². The van der Waals surface area contributed by atoms with Gasteiger partial charge in [-0.15, -0.1) is 0 Å². The van der Waals surface area contributed by atoms with Crippen molar-refractivity contribution in [3.63, 3.8) is 0 Å². The van der Waals surface area contributed by atoms with E-state index in [1.54, 1.807) is 13.8 Å². The minimum absolute atomic E-state index is 0.0562. The van der Waals surface area contributed by atoms with Gasteiger partial charge >= 0.3 is 0 Å². The number of hydrogen-bond donors (Lipinski definition) is 2. The summed E-state index contributed by atoms with van der Waals surface area (Å²) < 4.78 is 26.6. The van der Waals surface area contributed by atoms with Crippen LogP contribution in [0.4, 0.5) is 14.5 Å². The molecule has 0 saturated carbocycles. The Morgan fingerprint density at radius 2 is 1.94 bits per heavy atom. The second-order valence-electron chi connectivity index (χ2n) is 4.36. The minimum Gasteiger partial charge on any atom is -0.322 e. The van der Waals surface area contributed by atoms with E-state index in [0.29, 0.717) is 6.54 Å². The molecule has 0 aliphatic carbocycles. The first kappa shape index (κ1) is 15.0.